The summed E-state index contributed by atoms with van der Waals surface area (Å²) in [7, 11) is 4.57. The van der Waals surface area contributed by atoms with Crippen LogP contribution in [0.2, 0.25) is 0 Å². The highest BCUT2D eigenvalue weighted by Gasteiger charge is 2.43. The van der Waals surface area contributed by atoms with Gasteiger partial charge in [0, 0.05) is 30.8 Å². The van der Waals surface area contributed by atoms with Crippen LogP contribution in [-0.4, -0.2) is 56.1 Å². The number of hydrogen-bond donors (Lipinski definition) is 0. The van der Waals surface area contributed by atoms with Gasteiger partial charge >= 0.3 is 18.4 Å². The molecule has 3 aromatic heterocycles. The lowest BCUT2D eigenvalue weighted by atomic mass is 10.0. The first-order valence-electron chi connectivity index (χ1n) is 12.4. The van der Waals surface area contributed by atoms with Crippen LogP contribution in [0.4, 0.5) is 26.3 Å². The molecule has 0 saturated carbocycles. The molecule has 0 unspecified atom stereocenters. The zero-order chi connectivity index (χ0) is 30.4. The third-order valence-electron chi connectivity index (χ3n) is 6.73. The van der Waals surface area contributed by atoms with Crippen molar-refractivity contribution in [1.29, 1.82) is 0 Å². The molecule has 9 nitrogen and oxygen atoms in total. The first kappa shape index (κ1) is 28.8. The van der Waals surface area contributed by atoms with E-state index in [1.807, 2.05) is 30.3 Å². The van der Waals surface area contributed by atoms with Crippen molar-refractivity contribution in [2.24, 2.45) is 7.05 Å². The third-order valence-corrected chi connectivity index (χ3v) is 6.73. The highest BCUT2D eigenvalue weighted by Crippen LogP contribution is 2.39. The maximum Gasteiger partial charge on any atom is 0.451 e. The number of hydrogen-bond acceptors (Lipinski definition) is 7. The number of alkyl halides is 6. The summed E-state index contributed by atoms with van der Waals surface area (Å²) in [4.78, 5) is 29.2. The van der Waals surface area contributed by atoms with Gasteiger partial charge in [-0.05, 0) is 18.1 Å². The van der Waals surface area contributed by atoms with Gasteiger partial charge in [0.1, 0.15) is 0 Å². The van der Waals surface area contributed by atoms with Crippen molar-refractivity contribution in [2.45, 2.75) is 25.3 Å². The molecule has 0 fully saturated rings. The largest absolute Gasteiger partial charge is 0.480 e. The molecule has 4 heterocycles. The van der Waals surface area contributed by atoms with Gasteiger partial charge in [0.05, 0.1) is 37.5 Å². The Bertz CT molecular complexity index is 1700. The number of benzene rings is 1. The average molecular weight is 592 g/mol. The molecule has 15 heteroatoms. The van der Waals surface area contributed by atoms with Crippen molar-refractivity contribution < 1.29 is 40.6 Å². The zero-order valence-electron chi connectivity index (χ0n) is 22.3. The van der Waals surface area contributed by atoms with E-state index in [4.69, 9.17) is 9.47 Å². The fourth-order valence-corrected chi connectivity index (χ4v) is 4.88. The molecule has 5 rings (SSSR count). The van der Waals surface area contributed by atoms with Gasteiger partial charge in [-0.15, -0.1) is 0 Å². The number of amides is 1. The fourth-order valence-electron chi connectivity index (χ4n) is 4.88. The summed E-state index contributed by atoms with van der Waals surface area (Å²) in [5.41, 5.74) is -0.244. The minimum Gasteiger partial charge on any atom is -0.480 e. The third kappa shape index (κ3) is 5.21. The first-order chi connectivity index (χ1) is 19.8. The van der Waals surface area contributed by atoms with Crippen molar-refractivity contribution in [2.75, 3.05) is 20.8 Å². The number of ether oxygens (including phenoxy) is 2. The number of nitrogens with zero attached hydrogens (tertiary/aromatic N) is 6. The van der Waals surface area contributed by atoms with Crippen molar-refractivity contribution in [1.82, 2.24) is 29.4 Å². The Morgan fingerprint density at radius 2 is 1.67 bits per heavy atom. The topological polar surface area (TPSA) is 95.3 Å². The molecule has 0 aliphatic carbocycles. The number of fused-ring (bicyclic) bond motifs is 2. The second kappa shape index (κ2) is 10.6. The molecule has 0 N–H and O–H groups in total. The van der Waals surface area contributed by atoms with Gasteiger partial charge in [-0.2, -0.15) is 36.3 Å². The van der Waals surface area contributed by atoms with E-state index >= 15 is 0 Å². The van der Waals surface area contributed by atoms with E-state index in [0.29, 0.717) is 22.3 Å². The van der Waals surface area contributed by atoms with Crippen LogP contribution in [0.5, 0.6) is 11.9 Å². The number of halogens is 6. The quantitative estimate of drug-likeness (QED) is 0.236. The minimum atomic E-state index is -5.20. The maximum atomic E-state index is 13.5. The summed E-state index contributed by atoms with van der Waals surface area (Å²) in [6.45, 7) is -0.739. The minimum absolute atomic E-state index is 0.0524. The number of carbonyl (C=O) groups is 1. The summed E-state index contributed by atoms with van der Waals surface area (Å²) in [5.74, 6) is -2.39. The number of aromatic nitrogens is 5. The van der Waals surface area contributed by atoms with E-state index in [9.17, 15) is 31.1 Å². The highest BCUT2D eigenvalue weighted by atomic mass is 19.4. The van der Waals surface area contributed by atoms with Crippen molar-refractivity contribution >= 4 is 23.0 Å². The van der Waals surface area contributed by atoms with E-state index in [1.54, 1.807) is 11.6 Å². The second-order valence-electron chi connectivity index (χ2n) is 9.27. The van der Waals surface area contributed by atoms with Crippen LogP contribution in [0.15, 0.2) is 36.4 Å². The lowest BCUT2D eigenvalue weighted by Crippen LogP contribution is -2.37. The molecule has 0 radical (unpaired) electrons. The van der Waals surface area contributed by atoms with Crippen LogP contribution in [0.1, 0.15) is 28.3 Å². The molecular weight excluding hydrogens is 570 g/mol. The summed E-state index contributed by atoms with van der Waals surface area (Å²) < 4.78 is 93.0. The second-order valence-corrected chi connectivity index (χ2v) is 9.27. The Kier molecular flexibility index (Phi) is 7.28. The number of aryl methyl sites for hydroxylation is 1. The first-order valence-corrected chi connectivity index (χ1v) is 12.4. The standard InChI is InChI=1S/C27H22F6N6O3/c1-38-20(14-7-5-4-6-8-14)16(19-22(38)36-25(42-3)37-23(19)41-2)9-10-18(40)39-12-11-15-17(13-39)34-24(27(31,32)33)35-21(15)26(28,29)30/h4-10H,11-13H2,1-3H3/b10-9+. The van der Waals surface area contributed by atoms with Crippen LogP contribution in [0.3, 0.4) is 0 Å². The van der Waals surface area contributed by atoms with E-state index in [2.05, 4.69) is 19.9 Å². The predicted molar refractivity (Wildman–Crippen MR) is 137 cm³/mol. The summed E-state index contributed by atoms with van der Waals surface area (Å²) in [5, 5.41) is 0.463. The lowest BCUT2D eigenvalue weighted by Gasteiger charge is -2.29. The number of rotatable bonds is 5. The Morgan fingerprint density at radius 1 is 0.952 bits per heavy atom. The molecule has 1 aliphatic rings. The Hall–Kier alpha value is -4.69. The molecule has 0 bridgehead atoms. The Labute approximate surface area is 234 Å². The van der Waals surface area contributed by atoms with Crippen molar-refractivity contribution in [3.63, 3.8) is 0 Å². The van der Waals surface area contributed by atoms with Crippen LogP contribution >= 0.6 is 0 Å². The summed E-state index contributed by atoms with van der Waals surface area (Å²) in [6, 6.07) is 9.24. The Balaban J connectivity index is 1.56. The molecule has 0 spiro atoms. The van der Waals surface area contributed by atoms with E-state index in [1.165, 1.54) is 26.4 Å². The van der Waals surface area contributed by atoms with E-state index < -0.39 is 47.6 Å². The van der Waals surface area contributed by atoms with Crippen LogP contribution in [0.25, 0.3) is 28.4 Å². The smallest absolute Gasteiger partial charge is 0.451 e. The molecule has 1 aliphatic heterocycles. The number of carbonyl (C=O) groups excluding carboxylic acids is 1. The van der Waals surface area contributed by atoms with Gasteiger partial charge in [0.2, 0.25) is 17.6 Å². The average Bonchev–Trinajstić information content (AvgIpc) is 3.24. The van der Waals surface area contributed by atoms with Gasteiger partial charge in [-0.25, -0.2) is 9.97 Å². The maximum absolute atomic E-state index is 13.5. The van der Waals surface area contributed by atoms with Crippen LogP contribution in [0, 0.1) is 0 Å². The van der Waals surface area contributed by atoms with E-state index in [0.717, 1.165) is 10.5 Å². The molecule has 1 amide bonds. The molecule has 0 atom stereocenters. The van der Waals surface area contributed by atoms with Gasteiger partial charge in [0.15, 0.2) is 11.3 Å². The molecule has 0 saturated heterocycles. The Morgan fingerprint density at radius 3 is 2.29 bits per heavy atom. The van der Waals surface area contributed by atoms with Gasteiger partial charge in [-0.3, -0.25) is 4.79 Å². The van der Waals surface area contributed by atoms with Crippen molar-refractivity contribution in [3.05, 3.63) is 64.7 Å². The molecule has 1 aromatic carbocycles. The molecule has 42 heavy (non-hydrogen) atoms. The number of methoxy groups -OCH3 is 2. The van der Waals surface area contributed by atoms with E-state index in [-0.39, 0.29) is 24.9 Å². The summed E-state index contributed by atoms with van der Waals surface area (Å²) >= 11 is 0. The SMILES string of the molecule is COc1nc(OC)c2c(/C=C/C(=O)N3CCc4c(nc(C(F)(F)F)nc4C(F)(F)F)C3)c(-c3ccccc3)n(C)c2n1. The monoisotopic (exact) mass is 592 g/mol. The van der Waals surface area contributed by atoms with Crippen molar-refractivity contribution in [3.8, 4) is 23.1 Å². The molecular formula is C27H22F6N6O3. The van der Waals surface area contributed by atoms with Gasteiger partial charge < -0.3 is 18.9 Å². The predicted octanol–water partition coefficient (Wildman–Crippen LogP) is 5.08. The van der Waals surface area contributed by atoms with Gasteiger partial charge in [-0.1, -0.05) is 30.3 Å². The fraction of sp³-hybridized carbons (Fsp3) is 0.296. The van der Waals surface area contributed by atoms with Crippen LogP contribution in [-0.2, 0) is 37.2 Å². The molecule has 220 valence electrons. The van der Waals surface area contributed by atoms with Gasteiger partial charge in [0.25, 0.3) is 0 Å². The highest BCUT2D eigenvalue weighted by molar-refractivity contribution is 6.02. The van der Waals surface area contributed by atoms with Crippen LogP contribution < -0.4 is 9.47 Å². The summed E-state index contributed by atoms with van der Waals surface area (Å²) in [6.07, 6.45) is -8.01. The molecule has 4 aromatic rings. The zero-order valence-corrected chi connectivity index (χ0v) is 22.3. The lowest BCUT2D eigenvalue weighted by molar-refractivity contribution is -0.153. The normalized spacial score (nSPS) is 14.0.